The zero-order chi connectivity index (χ0) is 20.8. The molecule has 1 aliphatic heterocycles. The van der Waals surface area contributed by atoms with E-state index in [1.165, 1.54) is 37.5 Å². The Bertz CT molecular complexity index is 829. The summed E-state index contributed by atoms with van der Waals surface area (Å²) in [6, 6.07) is 6.13. The smallest absolute Gasteiger partial charge is 0.338 e. The lowest BCUT2D eigenvalue weighted by molar-refractivity contribution is -0.129. The molecule has 0 spiro atoms. The average Bonchev–Trinajstić information content (AvgIpc) is 3.06. The molecule has 7 nitrogen and oxygen atoms in total. The van der Waals surface area contributed by atoms with Crippen LogP contribution in [-0.2, 0) is 19.1 Å². The molecule has 2 aliphatic rings. The van der Waals surface area contributed by atoms with Crippen molar-refractivity contribution in [2.45, 2.75) is 58.0 Å². The largest absolute Gasteiger partial charge is 0.449 e. The van der Waals surface area contributed by atoms with Crippen molar-refractivity contribution in [3.8, 4) is 0 Å². The quantitative estimate of drug-likeness (QED) is 0.433. The predicted molar refractivity (Wildman–Crippen MR) is 107 cm³/mol. The van der Waals surface area contributed by atoms with Gasteiger partial charge in [-0.3, -0.25) is 19.3 Å². The van der Waals surface area contributed by atoms with Gasteiger partial charge in [0.15, 0.2) is 6.10 Å². The summed E-state index contributed by atoms with van der Waals surface area (Å²) in [7, 11) is 0. The van der Waals surface area contributed by atoms with Crippen LogP contribution in [0.3, 0.4) is 0 Å². The molecule has 1 aromatic carbocycles. The van der Waals surface area contributed by atoms with Crippen molar-refractivity contribution in [1.29, 1.82) is 0 Å². The van der Waals surface area contributed by atoms with Crippen LogP contribution < -0.4 is 10.2 Å². The number of nitrogens with one attached hydrogen (secondary N) is 1. The molecule has 1 heterocycles. The Hall–Kier alpha value is -2.96. The van der Waals surface area contributed by atoms with Crippen LogP contribution >= 0.6 is 0 Å². The molecule has 7 heteroatoms. The molecule has 1 aromatic rings. The molecule has 3 rings (SSSR count). The molecule has 1 saturated heterocycles. The third-order valence-corrected chi connectivity index (χ3v) is 5.18. The number of carbonyl (C=O) groups is 4. The second-order valence-corrected chi connectivity index (χ2v) is 7.37. The Morgan fingerprint density at radius 3 is 2.59 bits per heavy atom. The number of imide groups is 1. The minimum Gasteiger partial charge on any atom is -0.449 e. The van der Waals surface area contributed by atoms with E-state index in [-0.39, 0.29) is 36.1 Å². The van der Waals surface area contributed by atoms with Crippen LogP contribution in [0, 0.1) is 0 Å². The summed E-state index contributed by atoms with van der Waals surface area (Å²) in [6.45, 7) is 2.03. The minimum absolute atomic E-state index is 0.168. The Labute approximate surface area is 170 Å². The van der Waals surface area contributed by atoms with Gasteiger partial charge >= 0.3 is 5.97 Å². The minimum atomic E-state index is -0.943. The lowest BCUT2D eigenvalue weighted by Crippen LogP contribution is -2.36. The lowest BCUT2D eigenvalue weighted by Gasteiger charge is -2.17. The monoisotopic (exact) mass is 398 g/mol. The van der Waals surface area contributed by atoms with Gasteiger partial charge in [-0.2, -0.15) is 0 Å². The van der Waals surface area contributed by atoms with Gasteiger partial charge in [-0.15, -0.1) is 0 Å². The first kappa shape index (κ1) is 20.8. The van der Waals surface area contributed by atoms with Crippen molar-refractivity contribution in [2.24, 2.45) is 0 Å². The van der Waals surface area contributed by atoms with Crippen LogP contribution in [0.15, 0.2) is 35.9 Å². The van der Waals surface area contributed by atoms with Crippen LogP contribution in [0.1, 0.15) is 62.2 Å². The van der Waals surface area contributed by atoms with E-state index in [1.54, 1.807) is 12.1 Å². The summed E-state index contributed by atoms with van der Waals surface area (Å²) in [6.07, 6.45) is 7.05. The number of nitrogens with zero attached hydrogens (tertiary/aromatic N) is 1. The van der Waals surface area contributed by atoms with E-state index < -0.39 is 12.1 Å². The van der Waals surface area contributed by atoms with Crippen molar-refractivity contribution in [3.63, 3.8) is 0 Å². The van der Waals surface area contributed by atoms with Crippen molar-refractivity contribution in [1.82, 2.24) is 5.32 Å². The molecule has 3 amide bonds. The molecule has 1 atom stereocenters. The fraction of sp³-hybridized carbons (Fsp3) is 0.455. The Morgan fingerprint density at radius 1 is 1.14 bits per heavy atom. The Morgan fingerprint density at radius 2 is 1.90 bits per heavy atom. The van der Waals surface area contributed by atoms with E-state index in [9.17, 15) is 19.2 Å². The average molecular weight is 398 g/mol. The first-order chi connectivity index (χ1) is 14.0. The van der Waals surface area contributed by atoms with E-state index >= 15 is 0 Å². The number of rotatable bonds is 7. The highest BCUT2D eigenvalue weighted by atomic mass is 16.5. The van der Waals surface area contributed by atoms with Gasteiger partial charge < -0.3 is 10.1 Å². The van der Waals surface area contributed by atoms with Crippen molar-refractivity contribution in [3.05, 3.63) is 41.5 Å². The lowest BCUT2D eigenvalue weighted by atomic mass is 9.97. The topological polar surface area (TPSA) is 92.8 Å². The molecule has 0 bridgehead atoms. The maximum absolute atomic E-state index is 12.4. The zero-order valence-electron chi connectivity index (χ0n) is 16.6. The second kappa shape index (κ2) is 9.49. The molecule has 1 fully saturated rings. The molecule has 1 N–H and O–H groups in total. The summed E-state index contributed by atoms with van der Waals surface area (Å²) < 4.78 is 5.26. The zero-order valence-corrected chi connectivity index (χ0v) is 16.6. The van der Waals surface area contributed by atoms with Crippen LogP contribution in [0.5, 0.6) is 0 Å². The number of carbonyl (C=O) groups excluding carboxylic acids is 4. The molecule has 0 radical (unpaired) electrons. The standard InChI is InChI=1S/C22H26N2O5/c1-15(21(27)23-13-12-16-6-3-2-4-7-16)29-22(28)17-8-5-9-18(14-17)24-19(25)10-11-20(24)26/h5-6,8-9,14-15H,2-4,7,10-13H2,1H3,(H,23,27)/t15-/m0/s1. The van der Waals surface area contributed by atoms with Gasteiger partial charge in [0, 0.05) is 19.4 Å². The fourth-order valence-corrected chi connectivity index (χ4v) is 3.54. The molecular weight excluding hydrogens is 372 g/mol. The number of esters is 1. The van der Waals surface area contributed by atoms with Crippen molar-refractivity contribution >= 4 is 29.4 Å². The Balaban J connectivity index is 1.53. The molecule has 0 unspecified atom stereocenters. The fourth-order valence-electron chi connectivity index (χ4n) is 3.54. The molecule has 0 saturated carbocycles. The molecule has 154 valence electrons. The maximum Gasteiger partial charge on any atom is 0.338 e. The van der Waals surface area contributed by atoms with E-state index in [2.05, 4.69) is 11.4 Å². The van der Waals surface area contributed by atoms with Gasteiger partial charge in [0.05, 0.1) is 11.3 Å². The van der Waals surface area contributed by atoms with E-state index in [0.717, 1.165) is 24.2 Å². The van der Waals surface area contributed by atoms with Gasteiger partial charge in [0.2, 0.25) is 11.8 Å². The molecule has 0 aromatic heterocycles. The highest BCUT2D eigenvalue weighted by Gasteiger charge is 2.30. The summed E-state index contributed by atoms with van der Waals surface area (Å²) >= 11 is 0. The van der Waals surface area contributed by atoms with Gasteiger partial charge in [-0.05, 0) is 57.2 Å². The van der Waals surface area contributed by atoms with Crippen molar-refractivity contribution in [2.75, 3.05) is 11.4 Å². The normalized spacial score (nSPS) is 17.7. The number of amides is 3. The molecule has 29 heavy (non-hydrogen) atoms. The third kappa shape index (κ3) is 5.31. The van der Waals surface area contributed by atoms with E-state index in [4.69, 9.17) is 4.74 Å². The van der Waals surface area contributed by atoms with Crippen LogP contribution in [0.4, 0.5) is 5.69 Å². The first-order valence-electron chi connectivity index (χ1n) is 10.1. The molecular formula is C22H26N2O5. The summed E-state index contributed by atoms with van der Waals surface area (Å²) in [5.74, 6) is -1.61. The van der Waals surface area contributed by atoms with Crippen LogP contribution in [0.2, 0.25) is 0 Å². The van der Waals surface area contributed by atoms with Gasteiger partial charge in [0.1, 0.15) is 0 Å². The van der Waals surface area contributed by atoms with Crippen LogP contribution in [0.25, 0.3) is 0 Å². The molecule has 1 aliphatic carbocycles. The number of hydrogen-bond donors (Lipinski definition) is 1. The summed E-state index contributed by atoms with van der Waals surface area (Å²) in [4.78, 5) is 49.5. The summed E-state index contributed by atoms with van der Waals surface area (Å²) in [5, 5.41) is 2.80. The van der Waals surface area contributed by atoms with Gasteiger partial charge in [-0.25, -0.2) is 4.79 Å². The van der Waals surface area contributed by atoms with Gasteiger partial charge in [-0.1, -0.05) is 17.7 Å². The number of anilines is 1. The highest BCUT2D eigenvalue weighted by Crippen LogP contribution is 2.24. The summed E-state index contributed by atoms with van der Waals surface area (Å²) in [5.41, 5.74) is 1.89. The van der Waals surface area contributed by atoms with E-state index in [1.807, 2.05) is 0 Å². The number of benzene rings is 1. The third-order valence-electron chi connectivity index (χ3n) is 5.18. The van der Waals surface area contributed by atoms with Crippen LogP contribution in [-0.4, -0.2) is 36.3 Å². The first-order valence-corrected chi connectivity index (χ1v) is 10.1. The number of hydrogen-bond acceptors (Lipinski definition) is 5. The predicted octanol–water partition coefficient (Wildman–Crippen LogP) is 2.89. The SMILES string of the molecule is C[C@H](OC(=O)c1cccc(N2C(=O)CCC2=O)c1)C(=O)NCCC1=CCCCC1. The number of ether oxygens (including phenoxy) is 1. The van der Waals surface area contributed by atoms with Gasteiger partial charge in [0.25, 0.3) is 5.91 Å². The number of allylic oxidation sites excluding steroid dienone is 1. The Kier molecular flexibility index (Phi) is 6.80. The highest BCUT2D eigenvalue weighted by molar-refractivity contribution is 6.20. The van der Waals surface area contributed by atoms with Crippen molar-refractivity contribution < 1.29 is 23.9 Å². The second-order valence-electron chi connectivity index (χ2n) is 7.37. The van der Waals surface area contributed by atoms with E-state index in [0.29, 0.717) is 12.2 Å². The maximum atomic E-state index is 12.4.